The first-order chi connectivity index (χ1) is 20.1. The number of epoxide rings is 1. The Morgan fingerprint density at radius 3 is 2.23 bits per heavy atom. The summed E-state index contributed by atoms with van der Waals surface area (Å²) in [6, 6.07) is 8.58. The molecule has 1 saturated heterocycles. The van der Waals surface area contributed by atoms with Gasteiger partial charge in [-0.05, 0) is 62.3 Å². The molecule has 0 radical (unpaired) electrons. The molecule has 3 fully saturated rings. The molecule has 0 aromatic heterocycles. The number of ketones is 1. The number of hydrogen-bond acceptors (Lipinski definition) is 9. The minimum atomic E-state index is -1.34. The van der Waals surface area contributed by atoms with E-state index in [2.05, 4.69) is 0 Å². The minimum absolute atomic E-state index is 0.246. The smallest absolute Gasteiger partial charge is 0.338 e. The van der Waals surface area contributed by atoms with E-state index in [9.17, 15) is 24.3 Å². The number of benzene rings is 1. The first-order valence-electron chi connectivity index (χ1n) is 15.0. The van der Waals surface area contributed by atoms with Crippen LogP contribution in [0.1, 0.15) is 72.2 Å². The Morgan fingerprint density at radius 1 is 1.00 bits per heavy atom. The summed E-state index contributed by atoms with van der Waals surface area (Å²) in [5.74, 6) is -3.73. The summed E-state index contributed by atoms with van der Waals surface area (Å²) in [5, 5.41) is 11.8. The van der Waals surface area contributed by atoms with Crippen molar-refractivity contribution in [2.45, 2.75) is 97.4 Å². The van der Waals surface area contributed by atoms with E-state index in [4.69, 9.17) is 18.9 Å². The van der Waals surface area contributed by atoms with Gasteiger partial charge in [-0.15, -0.1) is 0 Å². The highest BCUT2D eigenvalue weighted by Gasteiger charge is 2.84. The predicted octanol–water partition coefficient (Wildman–Crippen LogP) is 4.37. The second-order valence-corrected chi connectivity index (χ2v) is 13.4. The molecule has 10 atom stereocenters. The van der Waals surface area contributed by atoms with Crippen molar-refractivity contribution in [3.8, 4) is 0 Å². The summed E-state index contributed by atoms with van der Waals surface area (Å²) < 4.78 is 24.3. The van der Waals surface area contributed by atoms with Gasteiger partial charge in [0.15, 0.2) is 17.0 Å². The Balaban J connectivity index is 1.62. The summed E-state index contributed by atoms with van der Waals surface area (Å²) in [4.78, 5) is 53.1. The van der Waals surface area contributed by atoms with Crippen molar-refractivity contribution in [3.63, 3.8) is 0 Å². The third kappa shape index (κ3) is 4.85. The number of aliphatic hydroxyl groups is 1. The maximum absolute atomic E-state index is 14.5. The van der Waals surface area contributed by atoms with Crippen LogP contribution in [-0.2, 0) is 33.3 Å². The highest BCUT2D eigenvalue weighted by molar-refractivity contribution is 5.96. The van der Waals surface area contributed by atoms with Crippen molar-refractivity contribution in [2.75, 3.05) is 0 Å². The van der Waals surface area contributed by atoms with Crippen LogP contribution in [0.5, 0.6) is 0 Å². The number of carbonyl (C=O) groups excluding carboxylic acids is 4. The molecule has 1 heterocycles. The Labute approximate surface area is 252 Å². The van der Waals surface area contributed by atoms with Crippen LogP contribution in [0.4, 0.5) is 0 Å². The average molecular weight is 595 g/mol. The molecule has 0 amide bonds. The van der Waals surface area contributed by atoms with E-state index in [-0.39, 0.29) is 24.0 Å². The van der Waals surface area contributed by atoms with Crippen LogP contribution in [0.3, 0.4) is 0 Å². The molecule has 9 heteroatoms. The maximum Gasteiger partial charge on any atom is 0.338 e. The quantitative estimate of drug-likeness (QED) is 0.174. The van der Waals surface area contributed by atoms with Crippen molar-refractivity contribution in [2.24, 2.45) is 29.1 Å². The van der Waals surface area contributed by atoms with E-state index in [0.717, 1.165) is 0 Å². The third-order valence-corrected chi connectivity index (χ3v) is 10.3. The van der Waals surface area contributed by atoms with Gasteiger partial charge >= 0.3 is 17.9 Å². The molecule has 1 aliphatic heterocycles. The first-order valence-corrected chi connectivity index (χ1v) is 15.0. The van der Waals surface area contributed by atoms with Crippen LogP contribution in [0, 0.1) is 29.1 Å². The number of allylic oxidation sites excluding steroid dienone is 1. The van der Waals surface area contributed by atoms with Gasteiger partial charge in [-0.1, -0.05) is 52.0 Å². The van der Waals surface area contributed by atoms with Crippen molar-refractivity contribution in [3.05, 3.63) is 59.2 Å². The Hall–Kier alpha value is -3.30. The number of ether oxygens (including phenoxy) is 4. The number of Topliss-reactive ketones (excluding diaryl/α,β-unsaturated/α-hetero) is 1. The fraction of sp³-hybridized carbons (Fsp3) is 0.588. The fourth-order valence-corrected chi connectivity index (χ4v) is 7.79. The van der Waals surface area contributed by atoms with Gasteiger partial charge in [0.25, 0.3) is 0 Å². The molecule has 232 valence electrons. The summed E-state index contributed by atoms with van der Waals surface area (Å²) in [5.41, 5.74) is -2.02. The maximum atomic E-state index is 14.5. The first kappa shape index (κ1) is 31.1. The molecule has 3 aliphatic carbocycles. The molecule has 0 unspecified atom stereocenters. The summed E-state index contributed by atoms with van der Waals surface area (Å²) >= 11 is 0. The van der Waals surface area contributed by atoms with Gasteiger partial charge < -0.3 is 24.1 Å². The van der Waals surface area contributed by atoms with Crippen LogP contribution in [-0.4, -0.2) is 64.4 Å². The van der Waals surface area contributed by atoms with Gasteiger partial charge in [0.05, 0.1) is 11.5 Å². The van der Waals surface area contributed by atoms with Crippen LogP contribution in [0.25, 0.3) is 0 Å². The monoisotopic (exact) mass is 594 g/mol. The number of fused-ring (bicyclic) bond motifs is 1. The second-order valence-electron chi connectivity index (χ2n) is 13.4. The number of hydrogen-bond donors (Lipinski definition) is 1. The lowest BCUT2D eigenvalue weighted by atomic mass is 9.80. The van der Waals surface area contributed by atoms with E-state index < -0.39 is 70.8 Å². The minimum Gasteiger partial charge on any atom is -0.461 e. The third-order valence-electron chi connectivity index (χ3n) is 10.3. The van der Waals surface area contributed by atoms with Gasteiger partial charge in [-0.25, -0.2) is 9.59 Å². The molecule has 43 heavy (non-hydrogen) atoms. The van der Waals surface area contributed by atoms with Crippen molar-refractivity contribution in [1.82, 2.24) is 0 Å². The van der Waals surface area contributed by atoms with Crippen LogP contribution >= 0.6 is 0 Å². The molecular weight excluding hydrogens is 552 g/mol. The zero-order valence-electron chi connectivity index (χ0n) is 26.1. The summed E-state index contributed by atoms with van der Waals surface area (Å²) in [7, 11) is 0. The topological polar surface area (TPSA) is 129 Å². The number of aliphatic hydroxyl groups excluding tert-OH is 1. The highest BCUT2D eigenvalue weighted by atomic mass is 16.7. The molecule has 0 spiro atoms. The lowest BCUT2D eigenvalue weighted by Crippen LogP contribution is -2.43. The Kier molecular flexibility index (Phi) is 7.75. The molecule has 1 aromatic rings. The van der Waals surface area contributed by atoms with Crippen LogP contribution in [0.2, 0.25) is 0 Å². The van der Waals surface area contributed by atoms with Crippen molar-refractivity contribution in [1.29, 1.82) is 0 Å². The molecule has 1 aromatic carbocycles. The zero-order chi connectivity index (χ0) is 31.6. The van der Waals surface area contributed by atoms with E-state index in [1.807, 2.05) is 20.8 Å². The Morgan fingerprint density at radius 2 is 1.63 bits per heavy atom. The molecule has 4 aliphatic rings. The predicted molar refractivity (Wildman–Crippen MR) is 156 cm³/mol. The lowest BCUT2D eigenvalue weighted by molar-refractivity contribution is -0.157. The van der Waals surface area contributed by atoms with Crippen molar-refractivity contribution >= 4 is 23.7 Å². The molecular formula is C34H42O9. The molecule has 0 bridgehead atoms. The normalized spacial score (nSPS) is 39.6. The Bertz CT molecular complexity index is 1390. The largest absolute Gasteiger partial charge is 0.461 e. The SMILES string of the molecule is CC=C(C)C(=O)O[C@H]1[C@H]2[C@@H]([C@@H](OC(C)=O)[C@@H](C)C(=O)[C@@]34C[C@H](C)[C@H](OC(=O)c5ccccc5)[C@]3(C=C(C)[C@H]1O)O4)C2(C)C. The molecule has 2 saturated carbocycles. The van der Waals surface area contributed by atoms with Gasteiger partial charge in [0.1, 0.15) is 24.4 Å². The van der Waals surface area contributed by atoms with Gasteiger partial charge in [0, 0.05) is 24.3 Å². The average Bonchev–Trinajstić information content (AvgIpc) is 3.76. The van der Waals surface area contributed by atoms with Gasteiger partial charge in [-0.2, -0.15) is 0 Å². The fourth-order valence-electron chi connectivity index (χ4n) is 7.79. The number of carbonyl (C=O) groups is 4. The second kappa shape index (κ2) is 10.7. The van der Waals surface area contributed by atoms with E-state index in [1.165, 1.54) is 6.92 Å². The summed E-state index contributed by atoms with van der Waals surface area (Å²) in [6.07, 6.45) is -0.327. The standard InChI is InChI=1S/C34H42O9/c1-9-17(2)30(38)41-27-24-23(32(24,7)8)26(40-21(6)35)20(5)28(37)33-16-19(4)29(34(33,43-33)15-18(3)25(27)36)42-31(39)22-13-11-10-12-14-22/h9-15,19-20,23-27,29,36H,16H2,1-8H3/t19-,20+,23-,24+,25+,26-,27-,29-,33-,34-/m0/s1. The van der Waals surface area contributed by atoms with Crippen molar-refractivity contribution < 1.29 is 43.2 Å². The molecule has 9 nitrogen and oxygen atoms in total. The lowest BCUT2D eigenvalue weighted by Gasteiger charge is -2.28. The molecule has 5 rings (SSSR count). The summed E-state index contributed by atoms with van der Waals surface area (Å²) in [6.45, 7) is 13.9. The van der Waals surface area contributed by atoms with Crippen LogP contribution < -0.4 is 0 Å². The van der Waals surface area contributed by atoms with E-state index in [0.29, 0.717) is 16.7 Å². The number of esters is 3. The van der Waals surface area contributed by atoms with E-state index in [1.54, 1.807) is 70.2 Å². The zero-order valence-corrected chi connectivity index (χ0v) is 26.1. The van der Waals surface area contributed by atoms with Gasteiger partial charge in [-0.3, -0.25) is 9.59 Å². The number of rotatable bonds is 5. The highest BCUT2D eigenvalue weighted by Crippen LogP contribution is 2.68. The van der Waals surface area contributed by atoms with Gasteiger partial charge in [0.2, 0.25) is 0 Å². The molecule has 1 N–H and O–H groups in total. The van der Waals surface area contributed by atoms with E-state index >= 15 is 0 Å². The van der Waals surface area contributed by atoms with Crippen LogP contribution in [0.15, 0.2) is 53.6 Å².